The Hall–Kier alpha value is -0.570. The molecular weight excluding hydrogens is 383 g/mol. The maximum Gasteiger partial charge on any atom is 0.239 e. The van der Waals surface area contributed by atoms with Crippen molar-refractivity contribution in [3.8, 4) is 0 Å². The van der Waals surface area contributed by atoms with Gasteiger partial charge in [0.25, 0.3) is 0 Å². The molecular formula is C14H31IN4O2. The second kappa shape index (κ2) is 12.0. The smallest absolute Gasteiger partial charge is 0.239 e. The fourth-order valence-corrected chi connectivity index (χ4v) is 1.41. The normalized spacial score (nSPS) is 11.9. The minimum atomic E-state index is -0.222. The average Bonchev–Trinajstić information content (AvgIpc) is 2.30. The molecule has 0 aliphatic rings. The first-order chi connectivity index (χ1) is 9.24. The molecule has 0 aliphatic carbocycles. The summed E-state index contributed by atoms with van der Waals surface area (Å²) in [6.45, 7) is 12.3. The second-order valence-electron chi connectivity index (χ2n) is 6.12. The first-order valence-electron chi connectivity index (χ1n) is 7.08. The summed E-state index contributed by atoms with van der Waals surface area (Å²) in [6, 6.07) is 0. The van der Waals surface area contributed by atoms with Crippen LogP contribution >= 0.6 is 24.0 Å². The number of guanidine groups is 1. The number of aliphatic imine (C=N–C) groups is 1. The van der Waals surface area contributed by atoms with Crippen LogP contribution in [0.1, 0.15) is 34.6 Å². The van der Waals surface area contributed by atoms with Gasteiger partial charge in [-0.05, 0) is 26.7 Å². The molecule has 21 heavy (non-hydrogen) atoms. The molecule has 126 valence electrons. The molecule has 0 aliphatic heterocycles. The molecule has 0 atom stereocenters. The maximum absolute atomic E-state index is 11.6. The second-order valence-corrected chi connectivity index (χ2v) is 6.12. The van der Waals surface area contributed by atoms with Gasteiger partial charge >= 0.3 is 0 Å². The Morgan fingerprint density at radius 2 is 1.86 bits per heavy atom. The SMILES string of the molecule is CN=C(NCCOCC(C)C)NCC(=O)NC(C)(C)C.I. The van der Waals surface area contributed by atoms with E-state index in [0.29, 0.717) is 25.0 Å². The number of nitrogens with zero attached hydrogens (tertiary/aromatic N) is 1. The highest BCUT2D eigenvalue weighted by Crippen LogP contribution is 1.97. The molecule has 0 unspecified atom stereocenters. The molecule has 6 nitrogen and oxygen atoms in total. The number of carbonyl (C=O) groups excluding carboxylic acids is 1. The lowest BCUT2D eigenvalue weighted by molar-refractivity contribution is -0.121. The van der Waals surface area contributed by atoms with Gasteiger partial charge in [0.05, 0.1) is 13.2 Å². The zero-order valence-electron chi connectivity index (χ0n) is 14.1. The van der Waals surface area contributed by atoms with Gasteiger partial charge in [-0.1, -0.05) is 13.8 Å². The number of nitrogens with one attached hydrogen (secondary N) is 3. The number of hydrogen-bond acceptors (Lipinski definition) is 3. The van der Waals surface area contributed by atoms with Crippen LogP contribution in [0.15, 0.2) is 4.99 Å². The maximum atomic E-state index is 11.6. The molecule has 3 N–H and O–H groups in total. The highest BCUT2D eigenvalue weighted by atomic mass is 127. The Bertz CT molecular complexity index is 315. The zero-order valence-corrected chi connectivity index (χ0v) is 16.4. The molecule has 0 rings (SSSR count). The molecule has 0 saturated heterocycles. The summed E-state index contributed by atoms with van der Waals surface area (Å²) in [6.07, 6.45) is 0. The van der Waals surface area contributed by atoms with E-state index in [9.17, 15) is 4.79 Å². The molecule has 0 aromatic heterocycles. The fourth-order valence-electron chi connectivity index (χ4n) is 1.41. The van der Waals surface area contributed by atoms with E-state index in [2.05, 4.69) is 34.8 Å². The number of carbonyl (C=O) groups is 1. The standard InChI is InChI=1S/C14H30N4O2.HI/c1-11(2)10-20-8-7-16-13(15-6)17-9-12(19)18-14(3,4)5;/h11H,7-10H2,1-6H3,(H,18,19)(H2,15,16,17);1H. The lowest BCUT2D eigenvalue weighted by Gasteiger charge is -2.21. The van der Waals surface area contributed by atoms with Gasteiger partial charge in [0, 0.05) is 25.7 Å². The van der Waals surface area contributed by atoms with Crippen molar-refractivity contribution in [2.24, 2.45) is 10.9 Å². The van der Waals surface area contributed by atoms with E-state index in [0.717, 1.165) is 6.61 Å². The number of halogens is 1. The highest BCUT2D eigenvalue weighted by Gasteiger charge is 2.13. The van der Waals surface area contributed by atoms with E-state index >= 15 is 0 Å². The minimum Gasteiger partial charge on any atom is -0.379 e. The number of hydrogen-bond donors (Lipinski definition) is 3. The van der Waals surface area contributed by atoms with Crippen molar-refractivity contribution >= 4 is 35.8 Å². The summed E-state index contributed by atoms with van der Waals surface area (Å²) in [5, 5.41) is 8.94. The topological polar surface area (TPSA) is 74.8 Å². The summed E-state index contributed by atoms with van der Waals surface area (Å²) in [5.74, 6) is 1.08. The minimum absolute atomic E-state index is 0. The van der Waals surface area contributed by atoms with Crippen molar-refractivity contribution in [2.45, 2.75) is 40.2 Å². The Labute approximate surface area is 145 Å². The monoisotopic (exact) mass is 414 g/mol. The van der Waals surface area contributed by atoms with Crippen molar-refractivity contribution in [3.05, 3.63) is 0 Å². The molecule has 0 aromatic rings. The third-order valence-electron chi connectivity index (χ3n) is 2.14. The van der Waals surface area contributed by atoms with Gasteiger partial charge in [-0.2, -0.15) is 0 Å². The molecule has 0 aromatic carbocycles. The van der Waals surface area contributed by atoms with Crippen LogP contribution < -0.4 is 16.0 Å². The molecule has 0 fully saturated rings. The molecule has 0 saturated carbocycles. The van der Waals surface area contributed by atoms with Crippen molar-refractivity contribution in [1.82, 2.24) is 16.0 Å². The Morgan fingerprint density at radius 1 is 1.24 bits per heavy atom. The van der Waals surface area contributed by atoms with Crippen LogP contribution in [0.25, 0.3) is 0 Å². The van der Waals surface area contributed by atoms with Gasteiger partial charge in [0.15, 0.2) is 5.96 Å². The lowest BCUT2D eigenvalue weighted by atomic mass is 10.1. The van der Waals surface area contributed by atoms with Gasteiger partial charge in [0.1, 0.15) is 0 Å². The van der Waals surface area contributed by atoms with Crippen LogP contribution in [0.5, 0.6) is 0 Å². The number of amides is 1. The molecule has 0 bridgehead atoms. The molecule has 0 spiro atoms. The Kier molecular flexibility index (Phi) is 13.0. The third kappa shape index (κ3) is 15.6. The van der Waals surface area contributed by atoms with Crippen LogP contribution in [-0.4, -0.2) is 50.8 Å². The first kappa shape index (κ1) is 22.7. The van der Waals surface area contributed by atoms with Gasteiger partial charge in [-0.15, -0.1) is 24.0 Å². The Balaban J connectivity index is 0. The first-order valence-corrected chi connectivity index (χ1v) is 7.08. The average molecular weight is 414 g/mol. The number of ether oxygens (including phenoxy) is 1. The van der Waals surface area contributed by atoms with Crippen molar-refractivity contribution in [3.63, 3.8) is 0 Å². The summed E-state index contributed by atoms with van der Waals surface area (Å²) in [5.41, 5.74) is -0.222. The van der Waals surface area contributed by atoms with E-state index in [1.807, 2.05) is 20.8 Å². The van der Waals surface area contributed by atoms with Crippen LogP contribution in [-0.2, 0) is 9.53 Å². The van der Waals surface area contributed by atoms with E-state index in [1.54, 1.807) is 7.05 Å². The van der Waals surface area contributed by atoms with E-state index in [-0.39, 0.29) is 42.0 Å². The van der Waals surface area contributed by atoms with Crippen LogP contribution in [0.3, 0.4) is 0 Å². The molecule has 0 heterocycles. The molecule has 1 amide bonds. The molecule has 7 heteroatoms. The van der Waals surface area contributed by atoms with E-state index < -0.39 is 0 Å². The van der Waals surface area contributed by atoms with E-state index in [4.69, 9.17) is 4.74 Å². The van der Waals surface area contributed by atoms with E-state index in [1.165, 1.54) is 0 Å². The van der Waals surface area contributed by atoms with Crippen molar-refractivity contribution < 1.29 is 9.53 Å². The molecule has 0 radical (unpaired) electrons. The summed E-state index contributed by atoms with van der Waals surface area (Å²) in [4.78, 5) is 15.7. The fraction of sp³-hybridized carbons (Fsp3) is 0.857. The summed E-state index contributed by atoms with van der Waals surface area (Å²) >= 11 is 0. The zero-order chi connectivity index (χ0) is 15.6. The third-order valence-corrected chi connectivity index (χ3v) is 2.14. The largest absolute Gasteiger partial charge is 0.379 e. The predicted octanol–water partition coefficient (Wildman–Crippen LogP) is 1.36. The van der Waals surface area contributed by atoms with Crippen LogP contribution in [0.2, 0.25) is 0 Å². The Morgan fingerprint density at radius 3 is 2.33 bits per heavy atom. The van der Waals surface area contributed by atoms with Crippen molar-refractivity contribution in [1.29, 1.82) is 0 Å². The quantitative estimate of drug-likeness (QED) is 0.255. The van der Waals surface area contributed by atoms with Gasteiger partial charge in [-0.25, -0.2) is 0 Å². The van der Waals surface area contributed by atoms with Crippen LogP contribution in [0, 0.1) is 5.92 Å². The van der Waals surface area contributed by atoms with Gasteiger partial charge in [-0.3, -0.25) is 9.79 Å². The number of rotatable bonds is 7. The van der Waals surface area contributed by atoms with Crippen molar-refractivity contribution in [2.75, 3.05) is 33.4 Å². The summed E-state index contributed by atoms with van der Waals surface area (Å²) < 4.78 is 5.46. The van der Waals surface area contributed by atoms with Gasteiger partial charge < -0.3 is 20.7 Å². The van der Waals surface area contributed by atoms with Crippen LogP contribution in [0.4, 0.5) is 0 Å². The lowest BCUT2D eigenvalue weighted by Crippen LogP contribution is -2.48. The van der Waals surface area contributed by atoms with Gasteiger partial charge in [0.2, 0.25) is 5.91 Å². The summed E-state index contributed by atoms with van der Waals surface area (Å²) in [7, 11) is 1.67. The predicted molar refractivity (Wildman–Crippen MR) is 98.3 cm³/mol. The highest BCUT2D eigenvalue weighted by molar-refractivity contribution is 14.0.